The summed E-state index contributed by atoms with van der Waals surface area (Å²) in [6.07, 6.45) is 3.85. The van der Waals surface area contributed by atoms with Crippen LogP contribution in [-0.2, 0) is 14.3 Å². The third kappa shape index (κ3) is 7.98. The zero-order valence-corrected chi connectivity index (χ0v) is 31.5. The lowest BCUT2D eigenvalue weighted by Crippen LogP contribution is -2.57. The molecule has 0 spiro atoms. The number of aliphatic carboxylic acids is 1. The number of carbonyl (C=O) groups excluding carboxylic acids is 1. The van der Waals surface area contributed by atoms with Crippen molar-refractivity contribution in [3.63, 3.8) is 0 Å². The number of fused-ring (bicyclic) bond motifs is 4. The van der Waals surface area contributed by atoms with Gasteiger partial charge in [-0.15, -0.1) is 11.3 Å². The molecule has 1 N–H and O–H groups in total. The molecule has 5 heterocycles. The molecule has 53 heavy (non-hydrogen) atoms. The Kier molecular flexibility index (Phi) is 10.9. The number of benzene rings is 2. The number of thiazole rings is 1. The van der Waals surface area contributed by atoms with Crippen LogP contribution in [0.15, 0.2) is 23.7 Å². The molecule has 2 bridgehead atoms. The van der Waals surface area contributed by atoms with Crippen LogP contribution in [0, 0.1) is 11.6 Å². The third-order valence-electron chi connectivity index (χ3n) is 10.0. The number of rotatable bonds is 12. The fourth-order valence-corrected chi connectivity index (χ4v) is 8.71. The van der Waals surface area contributed by atoms with Crippen molar-refractivity contribution in [2.75, 3.05) is 50.9 Å². The van der Waals surface area contributed by atoms with Crippen LogP contribution in [0.5, 0.6) is 6.01 Å². The number of halogens is 3. The van der Waals surface area contributed by atoms with Gasteiger partial charge in [-0.1, -0.05) is 11.6 Å². The molecule has 3 saturated heterocycles. The standard InChI is InChI=1S/C37H43ClF2N6O6S/c1-37(2,3)52-36(49)46-21-7-8-22(46)18-45(17-21)34-25-16-26(38)29(24-9-10-27(39)33-32(24)41-20-53-33)30(40)31(25)42-35(43-34)51-19-23-6-4-12-44(23)13-5-14-50-15-11-28(47)48/h9-10,16,20-23H,4-8,11-15,17-19H2,1-3H3,(H,47,48)/t21?,22?,23-/m0/s1. The molecule has 284 valence electrons. The predicted octanol–water partition coefficient (Wildman–Crippen LogP) is 7.15. The molecule has 16 heteroatoms. The Morgan fingerprint density at radius 1 is 1.08 bits per heavy atom. The number of carboxylic acid groups (broad SMARTS) is 1. The Morgan fingerprint density at radius 2 is 1.85 bits per heavy atom. The van der Waals surface area contributed by atoms with Gasteiger partial charge in [0.15, 0.2) is 5.82 Å². The first-order valence-electron chi connectivity index (χ1n) is 18.0. The molecular formula is C37H43ClF2N6O6S. The number of hydrogen-bond acceptors (Lipinski definition) is 11. The summed E-state index contributed by atoms with van der Waals surface area (Å²) in [6.45, 7) is 9.01. The van der Waals surface area contributed by atoms with Gasteiger partial charge in [-0.3, -0.25) is 14.6 Å². The zero-order chi connectivity index (χ0) is 37.4. The van der Waals surface area contributed by atoms with Crippen molar-refractivity contribution in [1.82, 2.24) is 24.8 Å². The van der Waals surface area contributed by atoms with E-state index in [0.29, 0.717) is 46.7 Å². The van der Waals surface area contributed by atoms with Crippen LogP contribution in [0.3, 0.4) is 0 Å². The summed E-state index contributed by atoms with van der Waals surface area (Å²) in [5.74, 6) is -1.57. The Hall–Kier alpha value is -3.92. The maximum atomic E-state index is 17.0. The number of nitrogens with zero attached hydrogens (tertiary/aromatic N) is 6. The predicted molar refractivity (Wildman–Crippen MR) is 198 cm³/mol. The molecule has 2 aromatic heterocycles. The van der Waals surface area contributed by atoms with E-state index in [1.54, 1.807) is 6.07 Å². The number of carboxylic acids is 1. The van der Waals surface area contributed by atoms with Crippen molar-refractivity contribution >= 4 is 61.9 Å². The summed E-state index contributed by atoms with van der Waals surface area (Å²) in [5.41, 5.74) is 1.62. The maximum absolute atomic E-state index is 17.0. The highest BCUT2D eigenvalue weighted by molar-refractivity contribution is 7.16. The normalized spacial score (nSPS) is 20.5. The number of piperazine rings is 1. The minimum absolute atomic E-state index is 0.0146. The van der Waals surface area contributed by atoms with E-state index in [2.05, 4.69) is 19.8 Å². The summed E-state index contributed by atoms with van der Waals surface area (Å²) >= 11 is 8.00. The number of ether oxygens (including phenoxy) is 3. The van der Waals surface area contributed by atoms with Crippen LogP contribution in [0.25, 0.3) is 32.2 Å². The van der Waals surface area contributed by atoms with Crippen LogP contribution in [0.2, 0.25) is 5.02 Å². The van der Waals surface area contributed by atoms with E-state index in [4.69, 9.17) is 35.9 Å². The number of hydrogen-bond donors (Lipinski definition) is 1. The lowest BCUT2D eigenvalue weighted by molar-refractivity contribution is -0.138. The molecule has 4 aromatic rings. The second-order valence-corrected chi connectivity index (χ2v) is 16.1. The summed E-state index contributed by atoms with van der Waals surface area (Å²) < 4.78 is 49.4. The highest BCUT2D eigenvalue weighted by Crippen LogP contribution is 2.43. The molecule has 0 aliphatic carbocycles. The van der Waals surface area contributed by atoms with Crippen molar-refractivity contribution in [1.29, 1.82) is 0 Å². The van der Waals surface area contributed by atoms with Crippen molar-refractivity contribution in [3.05, 3.63) is 40.4 Å². The molecular weight excluding hydrogens is 730 g/mol. The van der Waals surface area contributed by atoms with Crippen LogP contribution in [-0.4, -0.2) is 112 Å². The SMILES string of the molecule is CC(C)(C)OC(=O)N1C2CCC1CN(c1nc(OC[C@@H]3CCCN3CCCOCCC(=O)O)nc3c(F)c(-c4ccc(F)c5scnc45)c(Cl)cc13)C2. The molecule has 12 nitrogen and oxygen atoms in total. The van der Waals surface area contributed by atoms with Gasteiger partial charge in [-0.2, -0.15) is 9.97 Å². The lowest BCUT2D eigenvalue weighted by atomic mass is 10.0. The highest BCUT2D eigenvalue weighted by Gasteiger charge is 2.45. The molecule has 3 atom stereocenters. The quantitative estimate of drug-likeness (QED) is 0.147. The number of amides is 1. The molecule has 2 aromatic carbocycles. The minimum atomic E-state index is -0.886. The molecule has 2 unspecified atom stereocenters. The van der Waals surface area contributed by atoms with E-state index in [9.17, 15) is 14.0 Å². The van der Waals surface area contributed by atoms with E-state index in [-0.39, 0.29) is 66.0 Å². The Morgan fingerprint density at radius 3 is 2.58 bits per heavy atom. The van der Waals surface area contributed by atoms with Gasteiger partial charge in [0.05, 0.1) is 45.9 Å². The van der Waals surface area contributed by atoms with E-state index in [1.807, 2.05) is 25.7 Å². The topological polar surface area (TPSA) is 130 Å². The highest BCUT2D eigenvalue weighted by atomic mass is 35.5. The van der Waals surface area contributed by atoms with E-state index < -0.39 is 23.2 Å². The Labute approximate surface area is 315 Å². The van der Waals surface area contributed by atoms with Crippen LogP contribution in [0.1, 0.15) is 59.3 Å². The van der Waals surface area contributed by atoms with Gasteiger partial charge in [0.25, 0.3) is 0 Å². The average Bonchev–Trinajstić information content (AvgIpc) is 3.84. The van der Waals surface area contributed by atoms with Crippen molar-refractivity contribution in [2.24, 2.45) is 0 Å². The molecule has 7 rings (SSSR count). The number of likely N-dealkylation sites (tertiary alicyclic amines) is 1. The van der Waals surface area contributed by atoms with E-state index >= 15 is 4.39 Å². The summed E-state index contributed by atoms with van der Waals surface area (Å²) in [4.78, 5) is 44.0. The largest absolute Gasteiger partial charge is 0.481 e. The monoisotopic (exact) mass is 772 g/mol. The second kappa shape index (κ2) is 15.4. The van der Waals surface area contributed by atoms with Gasteiger partial charge in [0, 0.05) is 48.8 Å². The smallest absolute Gasteiger partial charge is 0.410 e. The molecule has 3 aliphatic rings. The maximum Gasteiger partial charge on any atom is 0.410 e. The van der Waals surface area contributed by atoms with Gasteiger partial charge < -0.3 is 24.2 Å². The van der Waals surface area contributed by atoms with Gasteiger partial charge in [0.1, 0.15) is 29.4 Å². The van der Waals surface area contributed by atoms with Crippen molar-refractivity contribution in [2.45, 2.75) is 83.0 Å². The van der Waals surface area contributed by atoms with Crippen LogP contribution < -0.4 is 9.64 Å². The zero-order valence-electron chi connectivity index (χ0n) is 29.9. The molecule has 1 amide bonds. The summed E-state index contributed by atoms with van der Waals surface area (Å²) in [5, 5.41) is 9.34. The molecule has 0 saturated carbocycles. The second-order valence-electron chi connectivity index (χ2n) is 14.8. The van der Waals surface area contributed by atoms with Crippen molar-refractivity contribution < 1.29 is 37.7 Å². The number of carbonyl (C=O) groups is 2. The summed E-state index contributed by atoms with van der Waals surface area (Å²) in [7, 11) is 0. The lowest BCUT2D eigenvalue weighted by Gasteiger charge is -2.42. The fraction of sp³-hybridized carbons (Fsp3) is 0.541. The Balaban J connectivity index is 1.19. The number of anilines is 1. The average molecular weight is 773 g/mol. The van der Waals surface area contributed by atoms with E-state index in [1.165, 1.54) is 17.6 Å². The fourth-order valence-electron chi connectivity index (χ4n) is 7.70. The van der Waals surface area contributed by atoms with Gasteiger partial charge in [0.2, 0.25) is 0 Å². The van der Waals surface area contributed by atoms with Gasteiger partial charge in [-0.25, -0.2) is 18.6 Å². The first-order chi connectivity index (χ1) is 25.4. The first kappa shape index (κ1) is 37.4. The number of aromatic nitrogens is 3. The van der Waals surface area contributed by atoms with Crippen molar-refractivity contribution in [3.8, 4) is 17.1 Å². The van der Waals surface area contributed by atoms with E-state index in [0.717, 1.165) is 56.5 Å². The van der Waals surface area contributed by atoms with Gasteiger partial charge >= 0.3 is 18.1 Å². The van der Waals surface area contributed by atoms with Gasteiger partial charge in [-0.05, 0) is 77.6 Å². The third-order valence-corrected chi connectivity index (χ3v) is 11.2. The van der Waals surface area contributed by atoms with Crippen LogP contribution >= 0.6 is 22.9 Å². The first-order valence-corrected chi connectivity index (χ1v) is 19.3. The molecule has 0 radical (unpaired) electrons. The molecule has 3 fully saturated rings. The Bertz CT molecular complexity index is 2000. The van der Waals surface area contributed by atoms with Crippen LogP contribution in [0.4, 0.5) is 19.4 Å². The molecule has 3 aliphatic heterocycles. The minimum Gasteiger partial charge on any atom is -0.481 e. The summed E-state index contributed by atoms with van der Waals surface area (Å²) in [6, 6.07) is 4.24.